The van der Waals surface area contributed by atoms with Crippen molar-refractivity contribution in [2.45, 2.75) is 25.2 Å². The van der Waals surface area contributed by atoms with Crippen molar-refractivity contribution < 1.29 is 19.1 Å². The Morgan fingerprint density at radius 2 is 1.82 bits per heavy atom. The maximum absolute atomic E-state index is 12.5. The molecule has 0 atom stereocenters. The molecule has 0 radical (unpaired) electrons. The minimum Gasteiger partial charge on any atom is -0.455 e. The van der Waals surface area contributed by atoms with E-state index < -0.39 is 17.3 Å². The molecule has 2 N–H and O–H groups in total. The van der Waals surface area contributed by atoms with E-state index in [1.165, 1.54) is 0 Å². The Labute approximate surface area is 168 Å². The van der Waals surface area contributed by atoms with Gasteiger partial charge in [-0.2, -0.15) is 0 Å². The van der Waals surface area contributed by atoms with E-state index >= 15 is 0 Å². The molecule has 3 rings (SSSR count). The highest BCUT2D eigenvalue weighted by atomic mass is 35.5. The summed E-state index contributed by atoms with van der Waals surface area (Å²) in [6.45, 7) is 1.95. The van der Waals surface area contributed by atoms with Crippen molar-refractivity contribution in [2.24, 2.45) is 0 Å². The lowest BCUT2D eigenvalue weighted by Crippen LogP contribution is -2.28. The molecule has 0 spiro atoms. The van der Waals surface area contributed by atoms with Crippen LogP contribution in [0.15, 0.2) is 48.5 Å². The van der Waals surface area contributed by atoms with Gasteiger partial charge in [0, 0.05) is 22.8 Å². The number of benzene rings is 2. The van der Waals surface area contributed by atoms with Gasteiger partial charge in [0.1, 0.15) is 0 Å². The number of halogens is 1. The van der Waals surface area contributed by atoms with Crippen LogP contribution in [0.3, 0.4) is 0 Å². The molecule has 1 aliphatic carbocycles. The van der Waals surface area contributed by atoms with Crippen LogP contribution in [0.1, 0.15) is 35.7 Å². The summed E-state index contributed by atoms with van der Waals surface area (Å²) in [5.41, 5.74) is 1.07. The van der Waals surface area contributed by atoms with Gasteiger partial charge in [0.25, 0.3) is 11.8 Å². The van der Waals surface area contributed by atoms with E-state index in [-0.39, 0.29) is 12.5 Å². The molecular formula is C21H21ClN2O4. The van der Waals surface area contributed by atoms with E-state index in [1.54, 1.807) is 36.4 Å². The summed E-state index contributed by atoms with van der Waals surface area (Å²) >= 11 is 5.90. The molecule has 0 bridgehead atoms. The first-order chi connectivity index (χ1) is 13.4. The average Bonchev–Trinajstić information content (AvgIpc) is 3.49. The molecule has 1 aliphatic rings. The number of anilines is 1. The van der Waals surface area contributed by atoms with E-state index in [9.17, 15) is 14.4 Å². The van der Waals surface area contributed by atoms with Gasteiger partial charge in [-0.05, 0) is 55.7 Å². The zero-order valence-corrected chi connectivity index (χ0v) is 16.2. The fourth-order valence-corrected chi connectivity index (χ4v) is 3.10. The molecule has 0 saturated heterocycles. The minimum atomic E-state index is -0.678. The van der Waals surface area contributed by atoms with Crippen LogP contribution in [0.25, 0.3) is 0 Å². The van der Waals surface area contributed by atoms with E-state index in [0.717, 1.165) is 5.56 Å². The van der Waals surface area contributed by atoms with Crippen LogP contribution in [-0.4, -0.2) is 30.9 Å². The number of amides is 2. The normalized spacial score (nSPS) is 14.1. The second-order valence-corrected chi connectivity index (χ2v) is 7.09. The summed E-state index contributed by atoms with van der Waals surface area (Å²) in [6.07, 6.45) is 1.37. The molecule has 146 valence electrons. The van der Waals surface area contributed by atoms with E-state index in [1.807, 2.05) is 19.1 Å². The average molecular weight is 401 g/mol. The molecular weight excluding hydrogens is 380 g/mol. The number of ether oxygens (including phenoxy) is 1. The van der Waals surface area contributed by atoms with Crippen LogP contribution in [0.4, 0.5) is 5.69 Å². The van der Waals surface area contributed by atoms with E-state index in [4.69, 9.17) is 16.3 Å². The molecule has 2 amide bonds. The third-order valence-electron chi connectivity index (χ3n) is 4.62. The predicted octanol–water partition coefficient (Wildman–Crippen LogP) is 3.30. The lowest BCUT2D eigenvalue weighted by Gasteiger charge is -2.15. The second kappa shape index (κ2) is 8.44. The van der Waals surface area contributed by atoms with Crippen molar-refractivity contribution in [1.29, 1.82) is 0 Å². The smallest absolute Gasteiger partial charge is 0.317 e. The monoisotopic (exact) mass is 400 g/mol. The Balaban J connectivity index is 1.56. The number of nitrogens with one attached hydrogen (secondary N) is 2. The highest BCUT2D eigenvalue weighted by molar-refractivity contribution is 6.30. The zero-order valence-electron chi connectivity index (χ0n) is 15.5. The maximum Gasteiger partial charge on any atom is 0.317 e. The van der Waals surface area contributed by atoms with Crippen LogP contribution in [0.2, 0.25) is 5.02 Å². The molecule has 1 fully saturated rings. The quantitative estimate of drug-likeness (QED) is 0.698. The van der Waals surface area contributed by atoms with Gasteiger partial charge in [0.05, 0.1) is 5.41 Å². The Morgan fingerprint density at radius 1 is 1.11 bits per heavy atom. The topological polar surface area (TPSA) is 84.5 Å². The molecule has 0 heterocycles. The summed E-state index contributed by atoms with van der Waals surface area (Å²) in [4.78, 5) is 36.5. The SMILES string of the molecule is CCNC(=O)c1cccc(NC(=O)COC(=O)C2(c3ccc(Cl)cc3)CC2)c1. The summed E-state index contributed by atoms with van der Waals surface area (Å²) in [5, 5.41) is 5.94. The molecule has 0 unspecified atom stereocenters. The molecule has 0 aliphatic heterocycles. The zero-order chi connectivity index (χ0) is 20.1. The van der Waals surface area contributed by atoms with Crippen LogP contribution in [0, 0.1) is 0 Å². The number of rotatable bonds is 7. The van der Waals surface area contributed by atoms with Crippen molar-refractivity contribution in [3.8, 4) is 0 Å². The lowest BCUT2D eigenvalue weighted by atomic mass is 9.96. The van der Waals surface area contributed by atoms with Crippen LogP contribution >= 0.6 is 11.6 Å². The van der Waals surface area contributed by atoms with Crippen molar-refractivity contribution in [3.05, 3.63) is 64.7 Å². The molecule has 6 nitrogen and oxygen atoms in total. The first kappa shape index (κ1) is 19.9. The number of esters is 1. The van der Waals surface area contributed by atoms with E-state index in [2.05, 4.69) is 10.6 Å². The van der Waals surface area contributed by atoms with Gasteiger partial charge >= 0.3 is 5.97 Å². The molecule has 7 heteroatoms. The Hall–Kier alpha value is -2.86. The first-order valence-electron chi connectivity index (χ1n) is 9.06. The summed E-state index contributed by atoms with van der Waals surface area (Å²) in [6, 6.07) is 13.7. The van der Waals surface area contributed by atoms with Gasteiger partial charge in [0.2, 0.25) is 0 Å². The van der Waals surface area contributed by atoms with Crippen molar-refractivity contribution in [3.63, 3.8) is 0 Å². The largest absolute Gasteiger partial charge is 0.455 e. The Morgan fingerprint density at radius 3 is 2.46 bits per heavy atom. The standard InChI is InChI=1S/C21H21ClN2O4/c1-2-23-19(26)14-4-3-5-17(12-14)24-18(25)13-28-20(27)21(10-11-21)15-6-8-16(22)9-7-15/h3-9,12H,2,10-11,13H2,1H3,(H,23,26)(H,24,25). The van der Waals surface area contributed by atoms with Crippen LogP contribution in [0.5, 0.6) is 0 Å². The maximum atomic E-state index is 12.5. The first-order valence-corrected chi connectivity index (χ1v) is 9.44. The van der Waals surface area contributed by atoms with Gasteiger partial charge in [-0.15, -0.1) is 0 Å². The van der Waals surface area contributed by atoms with Crippen LogP contribution < -0.4 is 10.6 Å². The molecule has 2 aromatic rings. The predicted molar refractivity (Wildman–Crippen MR) is 106 cm³/mol. The third kappa shape index (κ3) is 4.51. The highest BCUT2D eigenvalue weighted by Gasteiger charge is 2.52. The number of hydrogen-bond acceptors (Lipinski definition) is 4. The Kier molecular flexibility index (Phi) is 5.99. The summed E-state index contributed by atoms with van der Waals surface area (Å²) in [5.74, 6) is -1.10. The van der Waals surface area contributed by atoms with Gasteiger partial charge in [-0.25, -0.2) is 0 Å². The number of hydrogen-bond donors (Lipinski definition) is 2. The van der Waals surface area contributed by atoms with Crippen LogP contribution in [-0.2, 0) is 19.7 Å². The van der Waals surface area contributed by atoms with Gasteiger partial charge in [0.15, 0.2) is 6.61 Å². The summed E-state index contributed by atoms with van der Waals surface area (Å²) in [7, 11) is 0. The fourth-order valence-electron chi connectivity index (χ4n) is 2.97. The summed E-state index contributed by atoms with van der Waals surface area (Å²) < 4.78 is 5.24. The van der Waals surface area contributed by atoms with Gasteiger partial charge in [-0.1, -0.05) is 29.8 Å². The Bertz CT molecular complexity index is 892. The molecule has 28 heavy (non-hydrogen) atoms. The lowest BCUT2D eigenvalue weighted by molar-refractivity contribution is -0.150. The molecule has 1 saturated carbocycles. The van der Waals surface area contributed by atoms with Crippen molar-refractivity contribution in [2.75, 3.05) is 18.5 Å². The third-order valence-corrected chi connectivity index (χ3v) is 4.87. The highest BCUT2D eigenvalue weighted by Crippen LogP contribution is 2.49. The van der Waals surface area contributed by atoms with Crippen molar-refractivity contribution in [1.82, 2.24) is 5.32 Å². The number of carbonyl (C=O) groups excluding carboxylic acids is 3. The second-order valence-electron chi connectivity index (χ2n) is 6.65. The van der Waals surface area contributed by atoms with Crippen molar-refractivity contribution >= 4 is 35.1 Å². The number of carbonyl (C=O) groups is 3. The van der Waals surface area contributed by atoms with E-state index in [0.29, 0.717) is 35.7 Å². The fraction of sp³-hybridized carbons (Fsp3) is 0.286. The molecule has 0 aromatic heterocycles. The minimum absolute atomic E-state index is 0.219. The molecule has 2 aromatic carbocycles. The van der Waals surface area contributed by atoms with Gasteiger partial charge in [-0.3, -0.25) is 14.4 Å². The van der Waals surface area contributed by atoms with Gasteiger partial charge < -0.3 is 15.4 Å².